The Morgan fingerprint density at radius 3 is 2.35 bits per heavy atom. The SMILES string of the molecule is COc1ccc(C(=O)N2CCN(C(=O)Cc3ccn(C)c3)CC2)cc1C. The summed E-state index contributed by atoms with van der Waals surface area (Å²) < 4.78 is 7.19. The van der Waals surface area contributed by atoms with Crippen molar-refractivity contribution in [2.24, 2.45) is 7.05 Å². The first kappa shape index (κ1) is 18.0. The molecule has 1 aliphatic rings. The molecule has 138 valence electrons. The first-order chi connectivity index (χ1) is 12.5. The molecule has 1 saturated heterocycles. The van der Waals surface area contributed by atoms with Crippen LogP contribution in [0.15, 0.2) is 36.7 Å². The Labute approximate surface area is 154 Å². The van der Waals surface area contributed by atoms with Crippen LogP contribution in [0.1, 0.15) is 21.5 Å². The van der Waals surface area contributed by atoms with Crippen LogP contribution in [0.5, 0.6) is 5.75 Å². The molecule has 2 aromatic rings. The molecule has 26 heavy (non-hydrogen) atoms. The molecule has 2 heterocycles. The molecule has 6 nitrogen and oxygen atoms in total. The predicted octanol–water partition coefficient (Wildman–Crippen LogP) is 1.87. The molecule has 0 bridgehead atoms. The monoisotopic (exact) mass is 355 g/mol. The Morgan fingerprint density at radius 2 is 1.77 bits per heavy atom. The fourth-order valence-electron chi connectivity index (χ4n) is 3.30. The van der Waals surface area contributed by atoms with Gasteiger partial charge in [0, 0.05) is 51.2 Å². The van der Waals surface area contributed by atoms with Crippen molar-refractivity contribution in [3.8, 4) is 5.75 Å². The number of rotatable bonds is 4. The minimum atomic E-state index is 0.00547. The summed E-state index contributed by atoms with van der Waals surface area (Å²) in [7, 11) is 3.56. The van der Waals surface area contributed by atoms with Crippen molar-refractivity contribution >= 4 is 11.8 Å². The molecular formula is C20H25N3O3. The second-order valence-electron chi connectivity index (χ2n) is 6.72. The summed E-state index contributed by atoms with van der Waals surface area (Å²) >= 11 is 0. The molecule has 1 aromatic heterocycles. The van der Waals surface area contributed by atoms with Crippen molar-refractivity contribution < 1.29 is 14.3 Å². The zero-order chi connectivity index (χ0) is 18.7. The Kier molecular flexibility index (Phi) is 5.30. The number of hydrogen-bond donors (Lipinski definition) is 0. The maximum atomic E-state index is 12.7. The minimum Gasteiger partial charge on any atom is -0.496 e. The largest absolute Gasteiger partial charge is 0.496 e. The van der Waals surface area contributed by atoms with Crippen molar-refractivity contribution in [1.29, 1.82) is 0 Å². The standard InChI is InChI=1S/C20H25N3O3/c1-15-12-17(4-5-18(15)26-3)20(25)23-10-8-22(9-11-23)19(24)13-16-6-7-21(2)14-16/h4-7,12,14H,8-11,13H2,1-3H3. The number of ether oxygens (including phenoxy) is 1. The summed E-state index contributed by atoms with van der Waals surface area (Å²) in [5, 5.41) is 0. The second-order valence-corrected chi connectivity index (χ2v) is 6.72. The second kappa shape index (κ2) is 7.64. The van der Waals surface area contributed by atoms with Gasteiger partial charge in [0.05, 0.1) is 13.5 Å². The first-order valence-electron chi connectivity index (χ1n) is 8.80. The fraction of sp³-hybridized carbons (Fsp3) is 0.400. The lowest BCUT2D eigenvalue weighted by atomic mass is 10.1. The molecule has 0 aliphatic carbocycles. The van der Waals surface area contributed by atoms with Crippen molar-refractivity contribution in [1.82, 2.24) is 14.4 Å². The van der Waals surface area contributed by atoms with Crippen LogP contribution in [0.4, 0.5) is 0 Å². The average Bonchev–Trinajstić information content (AvgIpc) is 3.05. The zero-order valence-corrected chi connectivity index (χ0v) is 15.6. The lowest BCUT2D eigenvalue weighted by Gasteiger charge is -2.35. The van der Waals surface area contributed by atoms with Crippen LogP contribution in [-0.4, -0.2) is 59.5 Å². The molecule has 0 radical (unpaired) electrons. The van der Waals surface area contributed by atoms with Crippen molar-refractivity contribution in [3.05, 3.63) is 53.3 Å². The molecule has 1 fully saturated rings. The van der Waals surface area contributed by atoms with Gasteiger partial charge in [-0.25, -0.2) is 0 Å². The van der Waals surface area contributed by atoms with E-state index in [0.29, 0.717) is 38.2 Å². The van der Waals surface area contributed by atoms with Crippen LogP contribution >= 0.6 is 0 Å². The van der Waals surface area contributed by atoms with Gasteiger partial charge in [-0.1, -0.05) is 0 Å². The number of carbonyl (C=O) groups is 2. The first-order valence-corrected chi connectivity index (χ1v) is 8.80. The molecule has 0 saturated carbocycles. The molecule has 1 aliphatic heterocycles. The molecule has 0 N–H and O–H groups in total. The summed E-state index contributed by atoms with van der Waals surface area (Å²) in [6, 6.07) is 7.43. The quantitative estimate of drug-likeness (QED) is 0.841. The van der Waals surface area contributed by atoms with Crippen LogP contribution in [0.2, 0.25) is 0 Å². The van der Waals surface area contributed by atoms with Gasteiger partial charge in [-0.15, -0.1) is 0 Å². The molecular weight excluding hydrogens is 330 g/mol. The predicted molar refractivity (Wildman–Crippen MR) is 99.3 cm³/mol. The van der Waals surface area contributed by atoms with Crippen LogP contribution in [-0.2, 0) is 18.3 Å². The van der Waals surface area contributed by atoms with Crippen LogP contribution in [0, 0.1) is 6.92 Å². The van der Waals surface area contributed by atoms with Gasteiger partial charge in [-0.3, -0.25) is 9.59 Å². The fourth-order valence-corrected chi connectivity index (χ4v) is 3.30. The molecule has 0 atom stereocenters. The minimum absolute atomic E-state index is 0.00547. The van der Waals surface area contributed by atoms with E-state index >= 15 is 0 Å². The van der Waals surface area contributed by atoms with Crippen molar-refractivity contribution in [3.63, 3.8) is 0 Å². The highest BCUT2D eigenvalue weighted by Crippen LogP contribution is 2.20. The summed E-state index contributed by atoms with van der Waals surface area (Å²) in [5.74, 6) is 0.896. The van der Waals surface area contributed by atoms with E-state index < -0.39 is 0 Å². The Balaban J connectivity index is 1.56. The number of hydrogen-bond acceptors (Lipinski definition) is 3. The molecule has 2 amide bonds. The number of nitrogens with zero attached hydrogens (tertiary/aromatic N) is 3. The van der Waals surface area contributed by atoms with Crippen LogP contribution in [0.25, 0.3) is 0 Å². The van der Waals surface area contributed by atoms with Crippen molar-refractivity contribution in [2.75, 3.05) is 33.3 Å². The van der Waals surface area contributed by atoms with E-state index in [-0.39, 0.29) is 11.8 Å². The van der Waals surface area contributed by atoms with E-state index in [1.54, 1.807) is 13.2 Å². The number of carbonyl (C=O) groups excluding carboxylic acids is 2. The summed E-state index contributed by atoms with van der Waals surface area (Å²) in [4.78, 5) is 28.8. The molecule has 1 aromatic carbocycles. The number of piperazine rings is 1. The van der Waals surface area contributed by atoms with E-state index in [4.69, 9.17) is 4.74 Å². The summed E-state index contributed by atoms with van der Waals surface area (Å²) in [5.41, 5.74) is 2.62. The third-order valence-corrected chi connectivity index (χ3v) is 4.81. The Bertz CT molecular complexity index is 804. The van der Waals surface area contributed by atoms with Gasteiger partial charge >= 0.3 is 0 Å². The van der Waals surface area contributed by atoms with E-state index in [9.17, 15) is 9.59 Å². The van der Waals surface area contributed by atoms with Gasteiger partial charge in [0.2, 0.25) is 5.91 Å². The molecule has 6 heteroatoms. The molecule has 0 spiro atoms. The van der Waals surface area contributed by atoms with Crippen LogP contribution < -0.4 is 4.74 Å². The van der Waals surface area contributed by atoms with Gasteiger partial charge in [-0.2, -0.15) is 0 Å². The van der Waals surface area contributed by atoms with E-state index in [1.165, 1.54) is 0 Å². The Morgan fingerprint density at radius 1 is 1.08 bits per heavy atom. The highest BCUT2D eigenvalue weighted by Gasteiger charge is 2.25. The highest BCUT2D eigenvalue weighted by molar-refractivity contribution is 5.94. The smallest absolute Gasteiger partial charge is 0.253 e. The lowest BCUT2D eigenvalue weighted by Crippen LogP contribution is -2.51. The number of aryl methyl sites for hydroxylation is 2. The summed E-state index contributed by atoms with van der Waals surface area (Å²) in [6.07, 6.45) is 4.31. The number of aromatic nitrogens is 1. The topological polar surface area (TPSA) is 54.8 Å². The highest BCUT2D eigenvalue weighted by atomic mass is 16.5. The van der Waals surface area contributed by atoms with Crippen molar-refractivity contribution in [2.45, 2.75) is 13.3 Å². The van der Waals surface area contributed by atoms with Gasteiger partial charge in [0.1, 0.15) is 5.75 Å². The maximum Gasteiger partial charge on any atom is 0.253 e. The lowest BCUT2D eigenvalue weighted by molar-refractivity contribution is -0.131. The number of methoxy groups -OCH3 is 1. The van der Waals surface area contributed by atoms with E-state index in [1.807, 2.05) is 58.9 Å². The van der Waals surface area contributed by atoms with Gasteiger partial charge in [0.15, 0.2) is 0 Å². The third kappa shape index (κ3) is 3.90. The summed E-state index contributed by atoms with van der Waals surface area (Å²) in [6.45, 7) is 4.20. The maximum absolute atomic E-state index is 12.7. The average molecular weight is 355 g/mol. The van der Waals surface area contributed by atoms with Gasteiger partial charge < -0.3 is 19.1 Å². The van der Waals surface area contributed by atoms with E-state index in [2.05, 4.69) is 0 Å². The Hall–Kier alpha value is -2.76. The van der Waals surface area contributed by atoms with E-state index in [0.717, 1.165) is 16.9 Å². The number of amides is 2. The molecule has 3 rings (SSSR count). The number of benzene rings is 1. The molecule has 0 unspecified atom stereocenters. The van der Waals surface area contributed by atoms with Gasteiger partial charge in [-0.05, 0) is 42.3 Å². The zero-order valence-electron chi connectivity index (χ0n) is 15.6. The third-order valence-electron chi connectivity index (χ3n) is 4.81. The van der Waals surface area contributed by atoms with Crippen LogP contribution in [0.3, 0.4) is 0 Å². The normalized spacial score (nSPS) is 14.4. The van der Waals surface area contributed by atoms with Gasteiger partial charge in [0.25, 0.3) is 5.91 Å².